The Bertz CT molecular complexity index is 802. The second kappa shape index (κ2) is 9.04. The molecule has 0 spiro atoms. The first-order chi connectivity index (χ1) is 13.0. The van der Waals surface area contributed by atoms with Crippen molar-refractivity contribution < 1.29 is 18.9 Å². The molecular weight excluding hydrogens is 434 g/mol. The molecule has 0 saturated carbocycles. The van der Waals surface area contributed by atoms with Gasteiger partial charge in [0.25, 0.3) is 0 Å². The van der Waals surface area contributed by atoms with E-state index in [1.165, 1.54) is 0 Å². The molecule has 0 aliphatic carbocycles. The molecule has 1 atom stereocenters. The van der Waals surface area contributed by atoms with Crippen molar-refractivity contribution in [3.8, 4) is 23.0 Å². The summed E-state index contributed by atoms with van der Waals surface area (Å²) in [6, 6.07) is 9.34. The number of halogens is 2. The Morgan fingerprint density at radius 1 is 1.07 bits per heavy atom. The standard InChI is InChI=1S/C20H23BrClNO4/c1-23-7-6-14(11-23)27-18-8-13(4-5-16(18)22)12-26-17-10-20(25-3)19(24-2)9-15(17)21/h4-5,8-10,14H,6-7,11-12H2,1-3H3/t14-/m1/s1. The second-order valence-corrected chi connectivity index (χ2v) is 7.74. The lowest BCUT2D eigenvalue weighted by Crippen LogP contribution is -2.21. The van der Waals surface area contributed by atoms with Crippen LogP contribution in [0.4, 0.5) is 0 Å². The van der Waals surface area contributed by atoms with Gasteiger partial charge in [-0.3, -0.25) is 0 Å². The van der Waals surface area contributed by atoms with Crippen molar-refractivity contribution >= 4 is 27.5 Å². The minimum absolute atomic E-state index is 0.170. The van der Waals surface area contributed by atoms with Crippen LogP contribution in [-0.2, 0) is 6.61 Å². The van der Waals surface area contributed by atoms with Gasteiger partial charge < -0.3 is 23.8 Å². The molecule has 0 radical (unpaired) electrons. The van der Waals surface area contributed by atoms with Crippen molar-refractivity contribution in [1.82, 2.24) is 4.90 Å². The van der Waals surface area contributed by atoms with Crippen molar-refractivity contribution in [3.05, 3.63) is 45.4 Å². The Labute approximate surface area is 173 Å². The number of likely N-dealkylation sites (tertiary alicyclic amines) is 1. The van der Waals surface area contributed by atoms with E-state index < -0.39 is 0 Å². The minimum Gasteiger partial charge on any atom is -0.493 e. The number of ether oxygens (including phenoxy) is 4. The summed E-state index contributed by atoms with van der Waals surface area (Å²) in [4.78, 5) is 2.25. The van der Waals surface area contributed by atoms with Crippen molar-refractivity contribution in [2.24, 2.45) is 0 Å². The number of benzene rings is 2. The molecule has 1 heterocycles. The lowest BCUT2D eigenvalue weighted by Gasteiger charge is -2.16. The van der Waals surface area contributed by atoms with Gasteiger partial charge in [0.1, 0.15) is 24.2 Å². The summed E-state index contributed by atoms with van der Waals surface area (Å²) in [7, 11) is 5.29. The molecule has 27 heavy (non-hydrogen) atoms. The highest BCUT2D eigenvalue weighted by atomic mass is 79.9. The highest BCUT2D eigenvalue weighted by Gasteiger charge is 2.22. The van der Waals surface area contributed by atoms with E-state index in [9.17, 15) is 0 Å². The van der Waals surface area contributed by atoms with E-state index in [1.807, 2.05) is 24.3 Å². The first kappa shape index (κ1) is 20.1. The summed E-state index contributed by atoms with van der Waals surface area (Å²) in [5.74, 6) is 2.62. The summed E-state index contributed by atoms with van der Waals surface area (Å²) in [5, 5.41) is 0.612. The zero-order valence-corrected chi connectivity index (χ0v) is 18.0. The second-order valence-electron chi connectivity index (χ2n) is 6.48. The Hall–Kier alpha value is -1.63. The fraction of sp³-hybridized carbons (Fsp3) is 0.400. The lowest BCUT2D eigenvalue weighted by molar-refractivity contribution is 0.207. The molecule has 5 nitrogen and oxygen atoms in total. The molecule has 0 bridgehead atoms. The van der Waals surface area contributed by atoms with Crippen LogP contribution in [0.15, 0.2) is 34.8 Å². The van der Waals surface area contributed by atoms with Gasteiger partial charge in [-0.05, 0) is 47.1 Å². The molecule has 0 unspecified atom stereocenters. The molecule has 0 aromatic heterocycles. The predicted molar refractivity (Wildman–Crippen MR) is 110 cm³/mol. The third kappa shape index (κ3) is 5.00. The lowest BCUT2D eigenvalue weighted by atomic mass is 10.2. The van der Waals surface area contributed by atoms with Gasteiger partial charge in [-0.25, -0.2) is 0 Å². The molecule has 3 rings (SSSR count). The predicted octanol–water partition coefficient (Wildman–Crippen LogP) is 4.78. The maximum atomic E-state index is 6.31. The van der Waals surface area contributed by atoms with Gasteiger partial charge in [-0.2, -0.15) is 0 Å². The van der Waals surface area contributed by atoms with Crippen LogP contribution in [0.5, 0.6) is 23.0 Å². The van der Waals surface area contributed by atoms with Crippen LogP contribution in [0.25, 0.3) is 0 Å². The third-order valence-electron chi connectivity index (χ3n) is 4.47. The van der Waals surface area contributed by atoms with Crippen LogP contribution in [0.3, 0.4) is 0 Å². The zero-order chi connectivity index (χ0) is 19.4. The van der Waals surface area contributed by atoms with Gasteiger partial charge in [0.15, 0.2) is 11.5 Å². The number of hydrogen-bond donors (Lipinski definition) is 0. The van der Waals surface area contributed by atoms with Crippen LogP contribution < -0.4 is 18.9 Å². The molecule has 2 aromatic carbocycles. The van der Waals surface area contributed by atoms with Gasteiger partial charge in [-0.15, -0.1) is 0 Å². The molecule has 7 heteroatoms. The first-order valence-corrected chi connectivity index (χ1v) is 9.85. The maximum absolute atomic E-state index is 6.31. The van der Waals surface area contributed by atoms with Crippen LogP contribution in [-0.4, -0.2) is 45.4 Å². The average Bonchev–Trinajstić information content (AvgIpc) is 3.07. The highest BCUT2D eigenvalue weighted by molar-refractivity contribution is 9.10. The third-order valence-corrected chi connectivity index (χ3v) is 5.40. The van der Waals surface area contributed by atoms with Crippen molar-refractivity contribution in [2.75, 3.05) is 34.4 Å². The fourth-order valence-corrected chi connectivity index (χ4v) is 3.60. The van der Waals surface area contributed by atoms with Gasteiger partial charge >= 0.3 is 0 Å². The molecule has 1 aliphatic rings. The number of nitrogens with zero attached hydrogens (tertiary/aromatic N) is 1. The molecule has 1 aliphatic heterocycles. The molecule has 1 fully saturated rings. The monoisotopic (exact) mass is 455 g/mol. The minimum atomic E-state index is 0.170. The fourth-order valence-electron chi connectivity index (χ4n) is 3.01. The molecule has 2 aromatic rings. The number of rotatable bonds is 7. The zero-order valence-electron chi connectivity index (χ0n) is 15.6. The largest absolute Gasteiger partial charge is 0.493 e. The smallest absolute Gasteiger partial charge is 0.164 e. The van der Waals surface area contributed by atoms with E-state index in [4.69, 9.17) is 30.5 Å². The van der Waals surface area contributed by atoms with Gasteiger partial charge in [0.2, 0.25) is 0 Å². The SMILES string of the molecule is COc1cc(Br)c(OCc2ccc(Cl)c(O[C@@H]3CCN(C)C3)c2)cc1OC. The van der Waals surface area contributed by atoms with Gasteiger partial charge in [-0.1, -0.05) is 17.7 Å². The van der Waals surface area contributed by atoms with Crippen LogP contribution in [0.1, 0.15) is 12.0 Å². The van der Waals surface area contributed by atoms with Crippen LogP contribution >= 0.6 is 27.5 Å². The van der Waals surface area contributed by atoms with Gasteiger partial charge in [0, 0.05) is 25.2 Å². The summed E-state index contributed by atoms with van der Waals surface area (Å²) in [6.45, 7) is 2.33. The Morgan fingerprint density at radius 2 is 1.81 bits per heavy atom. The Kier molecular flexibility index (Phi) is 6.73. The Morgan fingerprint density at radius 3 is 2.48 bits per heavy atom. The number of likely N-dealkylation sites (N-methyl/N-ethyl adjacent to an activating group) is 1. The van der Waals surface area contributed by atoms with Gasteiger partial charge in [0.05, 0.1) is 23.7 Å². The van der Waals surface area contributed by atoms with Crippen LogP contribution in [0.2, 0.25) is 5.02 Å². The van der Waals surface area contributed by atoms with E-state index in [0.29, 0.717) is 34.6 Å². The maximum Gasteiger partial charge on any atom is 0.164 e. The Balaban J connectivity index is 1.70. The van der Waals surface area contributed by atoms with E-state index in [0.717, 1.165) is 29.5 Å². The van der Waals surface area contributed by atoms with E-state index >= 15 is 0 Å². The quantitative estimate of drug-likeness (QED) is 0.599. The summed E-state index contributed by atoms with van der Waals surface area (Å²) < 4.78 is 23.5. The van der Waals surface area contributed by atoms with E-state index in [-0.39, 0.29) is 6.10 Å². The topological polar surface area (TPSA) is 40.2 Å². The molecule has 146 valence electrons. The number of hydrogen-bond acceptors (Lipinski definition) is 5. The molecule has 0 N–H and O–H groups in total. The van der Waals surface area contributed by atoms with Crippen molar-refractivity contribution in [2.45, 2.75) is 19.1 Å². The van der Waals surface area contributed by atoms with E-state index in [1.54, 1.807) is 20.3 Å². The van der Waals surface area contributed by atoms with E-state index in [2.05, 4.69) is 27.9 Å². The molecule has 1 saturated heterocycles. The summed E-state index contributed by atoms with van der Waals surface area (Å²) >= 11 is 9.81. The summed E-state index contributed by atoms with van der Waals surface area (Å²) in [5.41, 5.74) is 0.974. The number of methoxy groups -OCH3 is 2. The first-order valence-electron chi connectivity index (χ1n) is 8.68. The molecular formula is C20H23BrClNO4. The summed E-state index contributed by atoms with van der Waals surface area (Å²) in [6.07, 6.45) is 1.18. The van der Waals surface area contributed by atoms with Crippen LogP contribution in [0, 0.1) is 0 Å². The van der Waals surface area contributed by atoms with Crippen molar-refractivity contribution in [3.63, 3.8) is 0 Å². The molecule has 0 amide bonds. The highest BCUT2D eigenvalue weighted by Crippen LogP contribution is 2.38. The van der Waals surface area contributed by atoms with Crippen molar-refractivity contribution in [1.29, 1.82) is 0 Å². The average molecular weight is 457 g/mol. The normalized spacial score (nSPS) is 17.0.